The Labute approximate surface area is 117 Å². The first-order valence-electron chi connectivity index (χ1n) is 6.40. The predicted molar refractivity (Wildman–Crippen MR) is 74.0 cm³/mol. The van der Waals surface area contributed by atoms with E-state index in [0.29, 0.717) is 18.9 Å². The zero-order chi connectivity index (χ0) is 14.4. The van der Waals surface area contributed by atoms with E-state index in [-0.39, 0.29) is 11.6 Å². The summed E-state index contributed by atoms with van der Waals surface area (Å²) < 4.78 is 10.8. The Morgan fingerprint density at radius 3 is 2.85 bits per heavy atom. The number of carbonyl (C=O) groups is 1. The molecule has 2 N–H and O–H groups in total. The summed E-state index contributed by atoms with van der Waals surface area (Å²) >= 11 is 0. The van der Waals surface area contributed by atoms with E-state index in [1.54, 1.807) is 24.5 Å². The van der Waals surface area contributed by atoms with Gasteiger partial charge in [0.1, 0.15) is 23.7 Å². The fourth-order valence-corrected chi connectivity index (χ4v) is 1.84. The molecule has 2 rings (SSSR count). The molecule has 0 amide bonds. The van der Waals surface area contributed by atoms with Crippen molar-refractivity contribution in [1.29, 1.82) is 0 Å². The molecule has 5 nitrogen and oxygen atoms in total. The number of aromatic carboxylic acids is 1. The van der Waals surface area contributed by atoms with Crippen molar-refractivity contribution in [1.82, 2.24) is 5.32 Å². The van der Waals surface area contributed by atoms with Crippen LogP contribution in [0.15, 0.2) is 47.1 Å². The maximum Gasteiger partial charge on any atom is 0.339 e. The summed E-state index contributed by atoms with van der Waals surface area (Å²) in [7, 11) is 0. The third kappa shape index (κ3) is 3.61. The molecule has 0 saturated heterocycles. The van der Waals surface area contributed by atoms with E-state index in [2.05, 4.69) is 5.32 Å². The Kier molecular flexibility index (Phi) is 4.79. The van der Waals surface area contributed by atoms with Gasteiger partial charge in [0.05, 0.1) is 12.3 Å². The van der Waals surface area contributed by atoms with Gasteiger partial charge in [-0.15, -0.1) is 0 Å². The number of carboxylic acids is 1. The Balaban J connectivity index is 1.80. The minimum absolute atomic E-state index is 0.0864. The molecular weight excluding hydrogens is 258 g/mol. The molecule has 0 spiro atoms. The van der Waals surface area contributed by atoms with E-state index in [4.69, 9.17) is 14.3 Å². The maximum absolute atomic E-state index is 11.0. The van der Waals surface area contributed by atoms with E-state index in [9.17, 15) is 4.79 Å². The van der Waals surface area contributed by atoms with Crippen LogP contribution in [0.4, 0.5) is 0 Å². The molecule has 2 aromatic rings. The van der Waals surface area contributed by atoms with Crippen LogP contribution >= 0.6 is 0 Å². The number of benzene rings is 1. The number of carboxylic acid groups (broad SMARTS) is 1. The maximum atomic E-state index is 11.0. The largest absolute Gasteiger partial charge is 0.491 e. The highest BCUT2D eigenvalue weighted by Crippen LogP contribution is 2.17. The summed E-state index contributed by atoms with van der Waals surface area (Å²) in [5.41, 5.74) is 0.173. The van der Waals surface area contributed by atoms with Crippen LogP contribution in [-0.2, 0) is 0 Å². The standard InChI is InChI=1S/C15H17NO4/c1-11(13-7-4-9-19-13)16-8-10-20-14-6-3-2-5-12(14)15(17)18/h2-7,9,11,16H,8,10H2,1H3,(H,17,18). The average molecular weight is 275 g/mol. The Morgan fingerprint density at radius 1 is 1.35 bits per heavy atom. The van der Waals surface area contributed by atoms with Gasteiger partial charge in [-0.1, -0.05) is 12.1 Å². The second kappa shape index (κ2) is 6.77. The third-order valence-electron chi connectivity index (χ3n) is 2.90. The topological polar surface area (TPSA) is 71.7 Å². The molecule has 106 valence electrons. The average Bonchev–Trinajstić information content (AvgIpc) is 2.98. The number of furan rings is 1. The van der Waals surface area contributed by atoms with E-state index >= 15 is 0 Å². The zero-order valence-electron chi connectivity index (χ0n) is 11.2. The van der Waals surface area contributed by atoms with Gasteiger partial charge in [-0.2, -0.15) is 0 Å². The molecular formula is C15H17NO4. The van der Waals surface area contributed by atoms with Crippen molar-refractivity contribution in [2.45, 2.75) is 13.0 Å². The molecule has 1 unspecified atom stereocenters. The smallest absolute Gasteiger partial charge is 0.339 e. The lowest BCUT2D eigenvalue weighted by molar-refractivity contribution is 0.0692. The van der Waals surface area contributed by atoms with Crippen molar-refractivity contribution in [2.75, 3.05) is 13.2 Å². The van der Waals surface area contributed by atoms with E-state index in [1.807, 2.05) is 19.1 Å². The number of hydrogen-bond acceptors (Lipinski definition) is 4. The van der Waals surface area contributed by atoms with Crippen LogP contribution in [0.25, 0.3) is 0 Å². The van der Waals surface area contributed by atoms with Crippen LogP contribution in [0.5, 0.6) is 5.75 Å². The van der Waals surface area contributed by atoms with Crippen molar-refractivity contribution in [3.8, 4) is 5.75 Å². The van der Waals surface area contributed by atoms with E-state index < -0.39 is 5.97 Å². The molecule has 5 heteroatoms. The van der Waals surface area contributed by atoms with Crippen LogP contribution < -0.4 is 10.1 Å². The normalized spacial score (nSPS) is 12.1. The zero-order valence-corrected chi connectivity index (χ0v) is 11.2. The highest BCUT2D eigenvalue weighted by atomic mass is 16.5. The van der Waals surface area contributed by atoms with Crippen molar-refractivity contribution in [3.63, 3.8) is 0 Å². The summed E-state index contributed by atoms with van der Waals surface area (Å²) in [5, 5.41) is 12.3. The van der Waals surface area contributed by atoms with Crippen molar-refractivity contribution in [2.24, 2.45) is 0 Å². The summed E-state index contributed by atoms with van der Waals surface area (Å²) in [6.45, 7) is 2.97. The molecule has 0 aliphatic heterocycles. The van der Waals surface area contributed by atoms with Crippen LogP contribution in [-0.4, -0.2) is 24.2 Å². The van der Waals surface area contributed by atoms with Crippen LogP contribution in [0.1, 0.15) is 29.1 Å². The summed E-state index contributed by atoms with van der Waals surface area (Å²) in [6.07, 6.45) is 1.63. The van der Waals surface area contributed by atoms with Gasteiger partial charge in [0.25, 0.3) is 0 Å². The number of ether oxygens (including phenoxy) is 1. The molecule has 20 heavy (non-hydrogen) atoms. The fraction of sp³-hybridized carbons (Fsp3) is 0.267. The van der Waals surface area contributed by atoms with Gasteiger partial charge in [-0.25, -0.2) is 4.79 Å². The SMILES string of the molecule is CC(NCCOc1ccccc1C(=O)O)c1ccco1. The summed E-state index contributed by atoms with van der Waals surface area (Å²) in [6, 6.07) is 10.4. The van der Waals surface area contributed by atoms with E-state index in [0.717, 1.165) is 5.76 Å². The lowest BCUT2D eigenvalue weighted by Crippen LogP contribution is -2.24. The van der Waals surface area contributed by atoms with Gasteiger partial charge in [-0.05, 0) is 31.2 Å². The molecule has 0 aliphatic carbocycles. The summed E-state index contributed by atoms with van der Waals surface area (Å²) in [4.78, 5) is 11.0. The molecule has 1 aromatic carbocycles. The molecule has 1 aromatic heterocycles. The fourth-order valence-electron chi connectivity index (χ4n) is 1.84. The van der Waals surface area contributed by atoms with E-state index in [1.165, 1.54) is 6.07 Å². The van der Waals surface area contributed by atoms with Gasteiger partial charge in [0.2, 0.25) is 0 Å². The quantitative estimate of drug-likeness (QED) is 0.760. The molecule has 0 bridgehead atoms. The molecule has 1 heterocycles. The minimum Gasteiger partial charge on any atom is -0.491 e. The molecule has 0 saturated carbocycles. The Morgan fingerprint density at radius 2 is 2.15 bits per heavy atom. The number of hydrogen-bond donors (Lipinski definition) is 2. The van der Waals surface area contributed by atoms with Crippen LogP contribution in [0, 0.1) is 0 Å². The minimum atomic E-state index is -0.988. The van der Waals surface area contributed by atoms with Gasteiger partial charge in [0, 0.05) is 6.54 Å². The second-order valence-electron chi connectivity index (χ2n) is 4.34. The van der Waals surface area contributed by atoms with Crippen molar-refractivity contribution >= 4 is 5.97 Å². The predicted octanol–water partition coefficient (Wildman–Crippen LogP) is 2.71. The number of rotatable bonds is 7. The van der Waals surface area contributed by atoms with Gasteiger partial charge in [-0.3, -0.25) is 0 Å². The Bertz CT molecular complexity index is 551. The lowest BCUT2D eigenvalue weighted by atomic mass is 10.2. The summed E-state index contributed by atoms with van der Waals surface area (Å²) in [5.74, 6) is 0.251. The van der Waals surface area contributed by atoms with Gasteiger partial charge >= 0.3 is 5.97 Å². The highest BCUT2D eigenvalue weighted by Gasteiger charge is 2.10. The number of para-hydroxylation sites is 1. The monoisotopic (exact) mass is 275 g/mol. The van der Waals surface area contributed by atoms with Crippen molar-refractivity contribution < 1.29 is 19.1 Å². The Hall–Kier alpha value is -2.27. The first-order chi connectivity index (χ1) is 9.68. The lowest BCUT2D eigenvalue weighted by Gasteiger charge is -2.13. The molecule has 0 radical (unpaired) electrons. The molecule has 0 aliphatic rings. The van der Waals surface area contributed by atoms with Crippen molar-refractivity contribution in [3.05, 3.63) is 54.0 Å². The third-order valence-corrected chi connectivity index (χ3v) is 2.90. The van der Waals surface area contributed by atoms with Gasteiger partial charge < -0.3 is 19.6 Å². The highest BCUT2D eigenvalue weighted by molar-refractivity contribution is 5.90. The van der Waals surface area contributed by atoms with Crippen LogP contribution in [0.3, 0.4) is 0 Å². The number of nitrogens with one attached hydrogen (secondary N) is 1. The van der Waals surface area contributed by atoms with Gasteiger partial charge in [0.15, 0.2) is 0 Å². The molecule has 0 fully saturated rings. The molecule has 1 atom stereocenters. The first kappa shape index (κ1) is 14.1. The second-order valence-corrected chi connectivity index (χ2v) is 4.34. The van der Waals surface area contributed by atoms with Crippen LogP contribution in [0.2, 0.25) is 0 Å². The first-order valence-corrected chi connectivity index (χ1v) is 6.40.